The minimum absolute atomic E-state index is 0.130. The van der Waals surface area contributed by atoms with Gasteiger partial charge in [-0.2, -0.15) is 4.68 Å². The number of amides is 2. The average Bonchev–Trinajstić information content (AvgIpc) is 3.01. The third-order valence-electron chi connectivity index (χ3n) is 5.35. The Morgan fingerprint density at radius 2 is 1.54 bits per heavy atom. The van der Waals surface area contributed by atoms with E-state index in [0.29, 0.717) is 10.9 Å². The summed E-state index contributed by atoms with van der Waals surface area (Å²) >= 11 is 0. The van der Waals surface area contributed by atoms with Gasteiger partial charge in [0.15, 0.2) is 5.82 Å². The van der Waals surface area contributed by atoms with Crippen LogP contribution >= 0.6 is 0 Å². The second-order valence-corrected chi connectivity index (χ2v) is 7.99. The van der Waals surface area contributed by atoms with E-state index in [9.17, 15) is 14.4 Å². The highest BCUT2D eigenvalue weighted by atomic mass is 16.7. The third kappa shape index (κ3) is 3.14. The molecule has 0 saturated carbocycles. The van der Waals surface area contributed by atoms with Crippen LogP contribution in [0.1, 0.15) is 53.3 Å². The van der Waals surface area contributed by atoms with Gasteiger partial charge in [0.05, 0.1) is 16.7 Å². The van der Waals surface area contributed by atoms with Gasteiger partial charge in [0, 0.05) is 26.2 Å². The molecule has 2 heterocycles. The Labute approximate surface area is 163 Å². The minimum Gasteiger partial charge on any atom is -0.399 e. The first-order valence-electron chi connectivity index (χ1n) is 9.06. The summed E-state index contributed by atoms with van der Waals surface area (Å²) in [6.45, 7) is 11.8. The summed E-state index contributed by atoms with van der Waals surface area (Å²) in [4.78, 5) is 37.0. The SMILES string of the molecule is CC(=O)N(C(C)=O)c1nn(C(C)=O)c2cc(B3OC(C)(C)C(C)(C)O3)ccc12. The molecule has 3 rings (SSSR count). The summed E-state index contributed by atoms with van der Waals surface area (Å²) < 4.78 is 13.3. The topological polar surface area (TPSA) is 90.7 Å². The van der Waals surface area contributed by atoms with Crippen molar-refractivity contribution >= 4 is 47.0 Å². The molecule has 0 spiro atoms. The summed E-state index contributed by atoms with van der Waals surface area (Å²) in [5.74, 6) is -1.16. The van der Waals surface area contributed by atoms with Gasteiger partial charge < -0.3 is 9.31 Å². The monoisotopic (exact) mass is 385 g/mol. The normalized spacial score (nSPS) is 17.8. The van der Waals surface area contributed by atoms with E-state index in [1.54, 1.807) is 18.2 Å². The number of hydrogen-bond donors (Lipinski definition) is 0. The van der Waals surface area contributed by atoms with Crippen LogP contribution in [0.25, 0.3) is 10.9 Å². The summed E-state index contributed by atoms with van der Waals surface area (Å²) in [5.41, 5.74) is 0.191. The summed E-state index contributed by atoms with van der Waals surface area (Å²) in [5, 5.41) is 4.74. The molecule has 148 valence electrons. The number of rotatable bonds is 2. The van der Waals surface area contributed by atoms with Gasteiger partial charge in [0.2, 0.25) is 17.7 Å². The summed E-state index contributed by atoms with van der Waals surface area (Å²) in [6.07, 6.45) is 0. The van der Waals surface area contributed by atoms with E-state index in [0.717, 1.165) is 10.4 Å². The number of hydrogen-bond acceptors (Lipinski definition) is 6. The third-order valence-corrected chi connectivity index (χ3v) is 5.35. The standard InChI is InChI=1S/C19H24BN3O5/c1-11(24)22(12(2)25)17-15-9-8-14(10-16(15)23(21-17)13(3)26)20-27-18(4,5)19(6,7)28-20/h8-10H,1-7H3. The molecule has 0 unspecified atom stereocenters. The zero-order valence-electron chi connectivity index (χ0n) is 17.2. The number of benzene rings is 1. The van der Waals surface area contributed by atoms with E-state index < -0.39 is 30.1 Å². The zero-order valence-corrected chi connectivity index (χ0v) is 17.2. The Morgan fingerprint density at radius 1 is 1.00 bits per heavy atom. The van der Waals surface area contributed by atoms with Gasteiger partial charge in [-0.05, 0) is 45.3 Å². The predicted molar refractivity (Wildman–Crippen MR) is 106 cm³/mol. The molecule has 1 aromatic heterocycles. The number of aromatic nitrogens is 2. The molecule has 0 radical (unpaired) electrons. The first kappa shape index (κ1) is 20.2. The van der Waals surface area contributed by atoms with Crippen LogP contribution in [0.3, 0.4) is 0 Å². The number of anilines is 1. The fraction of sp³-hybridized carbons (Fsp3) is 0.474. The van der Waals surface area contributed by atoms with Crippen LogP contribution in [-0.2, 0) is 18.9 Å². The van der Waals surface area contributed by atoms with E-state index in [2.05, 4.69) is 5.10 Å². The first-order chi connectivity index (χ1) is 12.9. The van der Waals surface area contributed by atoms with Crippen LogP contribution in [0.2, 0.25) is 0 Å². The lowest BCUT2D eigenvalue weighted by atomic mass is 9.79. The van der Waals surface area contributed by atoms with Gasteiger partial charge in [-0.25, -0.2) is 4.90 Å². The number of nitrogens with zero attached hydrogens (tertiary/aromatic N) is 3. The van der Waals surface area contributed by atoms with Crippen molar-refractivity contribution in [3.63, 3.8) is 0 Å². The van der Waals surface area contributed by atoms with Crippen molar-refractivity contribution < 1.29 is 23.7 Å². The average molecular weight is 385 g/mol. The number of imide groups is 1. The smallest absolute Gasteiger partial charge is 0.399 e. The Morgan fingerprint density at radius 3 is 2.00 bits per heavy atom. The Hall–Kier alpha value is -2.52. The molecule has 0 aliphatic carbocycles. The Balaban J connectivity index is 2.15. The predicted octanol–water partition coefficient (Wildman–Crippen LogP) is 1.89. The second-order valence-electron chi connectivity index (χ2n) is 7.99. The maximum atomic E-state index is 12.1. The van der Waals surface area contributed by atoms with Crippen LogP contribution < -0.4 is 10.4 Å². The molecule has 1 saturated heterocycles. The van der Waals surface area contributed by atoms with Crippen LogP contribution in [-0.4, -0.2) is 45.8 Å². The van der Waals surface area contributed by atoms with E-state index in [-0.39, 0.29) is 11.7 Å². The van der Waals surface area contributed by atoms with Gasteiger partial charge in [-0.1, -0.05) is 6.07 Å². The van der Waals surface area contributed by atoms with Crippen molar-refractivity contribution in [2.24, 2.45) is 0 Å². The van der Waals surface area contributed by atoms with Crippen LogP contribution in [0.4, 0.5) is 5.82 Å². The van der Waals surface area contributed by atoms with Crippen molar-refractivity contribution in [1.82, 2.24) is 9.78 Å². The van der Waals surface area contributed by atoms with Crippen molar-refractivity contribution in [2.45, 2.75) is 59.7 Å². The van der Waals surface area contributed by atoms with E-state index in [4.69, 9.17) is 9.31 Å². The van der Waals surface area contributed by atoms with Crippen LogP contribution in [0.5, 0.6) is 0 Å². The lowest BCUT2D eigenvalue weighted by molar-refractivity contribution is -0.124. The number of carbonyl (C=O) groups excluding carboxylic acids is 3. The molecular formula is C19H24BN3O5. The fourth-order valence-electron chi connectivity index (χ4n) is 3.17. The number of fused-ring (bicyclic) bond motifs is 1. The first-order valence-corrected chi connectivity index (χ1v) is 9.06. The van der Waals surface area contributed by atoms with E-state index in [1.807, 2.05) is 27.7 Å². The van der Waals surface area contributed by atoms with E-state index in [1.165, 1.54) is 25.5 Å². The number of carbonyl (C=O) groups is 3. The molecule has 2 amide bonds. The molecule has 0 bridgehead atoms. The largest absolute Gasteiger partial charge is 0.494 e. The van der Waals surface area contributed by atoms with Crippen LogP contribution in [0, 0.1) is 0 Å². The lowest BCUT2D eigenvalue weighted by Gasteiger charge is -2.32. The summed E-state index contributed by atoms with van der Waals surface area (Å²) in [7, 11) is -0.607. The highest BCUT2D eigenvalue weighted by Gasteiger charge is 2.51. The molecule has 1 aromatic carbocycles. The molecule has 9 heteroatoms. The van der Waals surface area contributed by atoms with Gasteiger partial charge in [-0.3, -0.25) is 14.4 Å². The molecule has 28 heavy (non-hydrogen) atoms. The van der Waals surface area contributed by atoms with Crippen molar-refractivity contribution in [2.75, 3.05) is 4.90 Å². The molecule has 1 aliphatic rings. The van der Waals surface area contributed by atoms with Crippen molar-refractivity contribution in [3.8, 4) is 0 Å². The molecule has 2 aromatic rings. The minimum atomic E-state index is -0.607. The maximum Gasteiger partial charge on any atom is 0.494 e. The quantitative estimate of drug-likeness (QED) is 0.734. The zero-order chi connectivity index (χ0) is 21.0. The molecule has 1 fully saturated rings. The van der Waals surface area contributed by atoms with Gasteiger partial charge in [0.1, 0.15) is 0 Å². The molecule has 1 aliphatic heterocycles. The highest BCUT2D eigenvalue weighted by Crippen LogP contribution is 2.37. The molecular weight excluding hydrogens is 361 g/mol. The molecule has 0 N–H and O–H groups in total. The Kier molecular flexibility index (Phi) is 4.71. The van der Waals surface area contributed by atoms with Crippen molar-refractivity contribution in [1.29, 1.82) is 0 Å². The highest BCUT2D eigenvalue weighted by molar-refractivity contribution is 6.62. The fourth-order valence-corrected chi connectivity index (χ4v) is 3.17. The van der Waals surface area contributed by atoms with Gasteiger partial charge in [-0.15, -0.1) is 5.10 Å². The van der Waals surface area contributed by atoms with Gasteiger partial charge in [0.25, 0.3) is 0 Å². The van der Waals surface area contributed by atoms with Crippen molar-refractivity contribution in [3.05, 3.63) is 18.2 Å². The van der Waals surface area contributed by atoms with Gasteiger partial charge >= 0.3 is 7.12 Å². The molecule has 0 atom stereocenters. The Bertz CT molecular complexity index is 965. The second kappa shape index (κ2) is 6.53. The maximum absolute atomic E-state index is 12.1. The van der Waals surface area contributed by atoms with Crippen LogP contribution in [0.15, 0.2) is 18.2 Å². The van der Waals surface area contributed by atoms with E-state index >= 15 is 0 Å². The lowest BCUT2D eigenvalue weighted by Crippen LogP contribution is -2.41. The summed E-state index contributed by atoms with van der Waals surface area (Å²) in [6, 6.07) is 5.25. The molecule has 8 nitrogen and oxygen atoms in total.